The zero-order chi connectivity index (χ0) is 16.3. The van der Waals surface area contributed by atoms with E-state index in [1.54, 1.807) is 0 Å². The molecule has 1 aromatic heterocycles. The van der Waals surface area contributed by atoms with E-state index in [9.17, 15) is 18.5 Å². The zero-order valence-electron chi connectivity index (χ0n) is 11.1. The third-order valence-electron chi connectivity index (χ3n) is 2.48. The Morgan fingerprint density at radius 2 is 2.14 bits per heavy atom. The molecule has 1 rings (SSSR count). The van der Waals surface area contributed by atoms with Gasteiger partial charge in [0.25, 0.3) is 0 Å². The molecule has 0 bridgehead atoms. The minimum absolute atomic E-state index is 0.153. The van der Waals surface area contributed by atoms with Gasteiger partial charge < -0.3 is 20.2 Å². The first kappa shape index (κ1) is 17.9. The van der Waals surface area contributed by atoms with Gasteiger partial charge in [0.15, 0.2) is 0 Å². The van der Waals surface area contributed by atoms with Crippen LogP contribution in [0, 0.1) is 6.92 Å². The number of halogens is 2. The van der Waals surface area contributed by atoms with E-state index in [1.807, 2.05) is 0 Å². The molecule has 120 valence electrons. The second-order valence-electron chi connectivity index (χ2n) is 4.32. The maximum Gasteiger partial charge on any atom is 0.469 e. The van der Waals surface area contributed by atoms with Crippen molar-refractivity contribution in [2.24, 2.45) is 5.73 Å². The predicted octanol–water partition coefficient (Wildman–Crippen LogP) is 0.346. The standard InChI is InChI=1S/C10H16F2N3O5P/c1-6-9(16)8(3-14-5-10(11,12)13)7(2-15-6)4-20-21(17,18)19/h2,14,16H,3-5,13H2,1H3,(H2,17,18,19). The van der Waals surface area contributed by atoms with E-state index in [0.29, 0.717) is 0 Å². The van der Waals surface area contributed by atoms with Gasteiger partial charge in [-0.05, 0) is 6.92 Å². The van der Waals surface area contributed by atoms with Crippen LogP contribution in [0.3, 0.4) is 0 Å². The van der Waals surface area contributed by atoms with Crippen molar-refractivity contribution in [2.45, 2.75) is 26.1 Å². The van der Waals surface area contributed by atoms with E-state index >= 15 is 0 Å². The highest BCUT2D eigenvalue weighted by Gasteiger charge is 2.22. The Hall–Kier alpha value is -1.16. The Labute approximate surface area is 119 Å². The fraction of sp³-hybridized carbons (Fsp3) is 0.500. The van der Waals surface area contributed by atoms with Crippen molar-refractivity contribution < 1.29 is 32.8 Å². The highest BCUT2D eigenvalue weighted by atomic mass is 31.2. The molecular formula is C10H16F2N3O5P. The molecule has 0 aliphatic rings. The highest BCUT2D eigenvalue weighted by Crippen LogP contribution is 2.38. The molecule has 21 heavy (non-hydrogen) atoms. The number of nitrogens with one attached hydrogen (secondary N) is 1. The largest absolute Gasteiger partial charge is 0.506 e. The van der Waals surface area contributed by atoms with E-state index in [4.69, 9.17) is 9.79 Å². The lowest BCUT2D eigenvalue weighted by atomic mass is 10.1. The monoisotopic (exact) mass is 327 g/mol. The van der Waals surface area contributed by atoms with Gasteiger partial charge in [-0.25, -0.2) is 4.57 Å². The lowest BCUT2D eigenvalue weighted by molar-refractivity contribution is 0.00875. The van der Waals surface area contributed by atoms with Gasteiger partial charge in [0.2, 0.25) is 0 Å². The quantitative estimate of drug-likeness (QED) is 0.357. The topological polar surface area (TPSA) is 138 Å². The summed E-state index contributed by atoms with van der Waals surface area (Å²) < 4.78 is 40.0. The summed E-state index contributed by atoms with van der Waals surface area (Å²) >= 11 is 0. The lowest BCUT2D eigenvalue weighted by Gasteiger charge is -2.16. The Balaban J connectivity index is 2.88. The van der Waals surface area contributed by atoms with Gasteiger partial charge in [0, 0.05) is 23.9 Å². The number of hydrogen-bond donors (Lipinski definition) is 5. The van der Waals surface area contributed by atoms with Crippen LogP contribution < -0.4 is 11.1 Å². The number of phosphoric ester groups is 1. The summed E-state index contributed by atoms with van der Waals surface area (Å²) in [6.07, 6.45) is 1.24. The number of aromatic nitrogens is 1. The molecule has 1 heterocycles. The Morgan fingerprint density at radius 3 is 2.67 bits per heavy atom. The molecule has 0 fully saturated rings. The van der Waals surface area contributed by atoms with Crippen LogP contribution >= 0.6 is 7.82 Å². The summed E-state index contributed by atoms with van der Waals surface area (Å²) in [6.45, 7) is -0.0560. The van der Waals surface area contributed by atoms with Gasteiger partial charge in [0.1, 0.15) is 5.75 Å². The van der Waals surface area contributed by atoms with Crippen LogP contribution in [0.2, 0.25) is 0 Å². The number of nitrogens with two attached hydrogens (primary N) is 1. The molecule has 0 saturated heterocycles. The van der Waals surface area contributed by atoms with Crippen LogP contribution in [-0.4, -0.2) is 32.5 Å². The molecule has 0 aliphatic heterocycles. The number of aryl methyl sites for hydroxylation is 1. The number of pyridine rings is 1. The van der Waals surface area contributed by atoms with Gasteiger partial charge in [-0.3, -0.25) is 15.2 Å². The van der Waals surface area contributed by atoms with Gasteiger partial charge >= 0.3 is 13.9 Å². The van der Waals surface area contributed by atoms with Gasteiger partial charge in [-0.15, -0.1) is 0 Å². The summed E-state index contributed by atoms with van der Waals surface area (Å²) in [4.78, 5) is 21.1. The van der Waals surface area contributed by atoms with Gasteiger partial charge in [0.05, 0.1) is 18.8 Å². The molecular weight excluding hydrogens is 311 g/mol. The first-order valence-electron chi connectivity index (χ1n) is 5.73. The van der Waals surface area contributed by atoms with Gasteiger partial charge in [-0.1, -0.05) is 0 Å². The van der Waals surface area contributed by atoms with E-state index in [2.05, 4.69) is 20.6 Å². The second-order valence-corrected chi connectivity index (χ2v) is 5.56. The molecule has 0 unspecified atom stereocenters. The molecule has 1 aromatic rings. The molecule has 8 nitrogen and oxygen atoms in total. The third kappa shape index (κ3) is 6.42. The maximum atomic E-state index is 12.5. The van der Waals surface area contributed by atoms with Crippen LogP contribution in [0.1, 0.15) is 16.8 Å². The van der Waals surface area contributed by atoms with E-state index in [1.165, 1.54) is 13.1 Å². The zero-order valence-corrected chi connectivity index (χ0v) is 12.0. The summed E-state index contributed by atoms with van der Waals surface area (Å²) in [7, 11) is -4.70. The molecule has 0 atom stereocenters. The lowest BCUT2D eigenvalue weighted by Crippen LogP contribution is -2.40. The Bertz CT molecular complexity index is 546. The number of phosphoric acid groups is 1. The average molecular weight is 327 g/mol. The van der Waals surface area contributed by atoms with E-state index < -0.39 is 27.0 Å². The Morgan fingerprint density at radius 1 is 1.52 bits per heavy atom. The SMILES string of the molecule is Cc1ncc(COP(=O)(O)O)c(CNCC(N)(F)F)c1O. The average Bonchev–Trinajstić information content (AvgIpc) is 2.31. The molecule has 0 saturated carbocycles. The third-order valence-corrected chi connectivity index (χ3v) is 2.95. The minimum Gasteiger partial charge on any atom is -0.506 e. The van der Waals surface area contributed by atoms with Crippen molar-refractivity contribution in [2.75, 3.05) is 6.54 Å². The molecule has 11 heteroatoms. The number of hydrogen-bond acceptors (Lipinski definition) is 6. The van der Waals surface area contributed by atoms with Crippen LogP contribution in [0.15, 0.2) is 6.20 Å². The summed E-state index contributed by atoms with van der Waals surface area (Å²) in [5.74, 6) is -0.269. The van der Waals surface area contributed by atoms with Crippen LogP contribution in [0.25, 0.3) is 0 Å². The highest BCUT2D eigenvalue weighted by molar-refractivity contribution is 7.46. The van der Waals surface area contributed by atoms with Gasteiger partial charge in [-0.2, -0.15) is 8.78 Å². The summed E-state index contributed by atoms with van der Waals surface area (Å²) in [5.41, 5.74) is 5.08. The molecule has 0 radical (unpaired) electrons. The summed E-state index contributed by atoms with van der Waals surface area (Å²) in [6, 6.07) is -3.42. The summed E-state index contributed by atoms with van der Waals surface area (Å²) in [5, 5.41) is 12.2. The maximum absolute atomic E-state index is 12.5. The van der Waals surface area contributed by atoms with Crippen LogP contribution in [-0.2, 0) is 22.2 Å². The molecule has 0 amide bonds. The van der Waals surface area contributed by atoms with Crippen molar-refractivity contribution in [3.63, 3.8) is 0 Å². The molecule has 6 N–H and O–H groups in total. The van der Waals surface area contributed by atoms with Crippen molar-refractivity contribution in [1.82, 2.24) is 10.3 Å². The van der Waals surface area contributed by atoms with Crippen molar-refractivity contribution in [3.05, 3.63) is 23.0 Å². The van der Waals surface area contributed by atoms with Crippen LogP contribution in [0.4, 0.5) is 8.78 Å². The molecule has 0 aliphatic carbocycles. The fourth-order valence-electron chi connectivity index (χ4n) is 1.51. The number of nitrogens with zero attached hydrogens (tertiary/aromatic N) is 1. The second kappa shape index (κ2) is 6.73. The minimum atomic E-state index is -4.70. The first-order chi connectivity index (χ1) is 9.49. The molecule has 0 spiro atoms. The smallest absolute Gasteiger partial charge is 0.469 e. The van der Waals surface area contributed by atoms with Crippen molar-refractivity contribution in [1.29, 1.82) is 0 Å². The van der Waals surface area contributed by atoms with Crippen LogP contribution in [0.5, 0.6) is 5.75 Å². The van der Waals surface area contributed by atoms with Crippen molar-refractivity contribution >= 4 is 7.82 Å². The van der Waals surface area contributed by atoms with E-state index in [0.717, 1.165) is 0 Å². The van der Waals surface area contributed by atoms with Crippen molar-refractivity contribution in [3.8, 4) is 5.75 Å². The predicted molar refractivity (Wildman–Crippen MR) is 68.3 cm³/mol. The molecule has 0 aromatic carbocycles. The van der Waals surface area contributed by atoms with E-state index in [-0.39, 0.29) is 29.1 Å². The first-order valence-corrected chi connectivity index (χ1v) is 7.26. The fourth-order valence-corrected chi connectivity index (χ4v) is 1.82. The number of aromatic hydroxyl groups is 1. The number of rotatable bonds is 7. The number of alkyl halides is 2. The Kier molecular flexibility index (Phi) is 5.74. The normalized spacial score (nSPS) is 12.7.